The highest BCUT2D eigenvalue weighted by molar-refractivity contribution is 5.92. The summed E-state index contributed by atoms with van der Waals surface area (Å²) in [5.41, 5.74) is 0.809. The maximum Gasteiger partial charge on any atom is 0.236 e. The van der Waals surface area contributed by atoms with Gasteiger partial charge >= 0.3 is 0 Å². The zero-order valence-electron chi connectivity index (χ0n) is 16.0. The summed E-state index contributed by atoms with van der Waals surface area (Å²) in [5, 5.41) is 2.97. The van der Waals surface area contributed by atoms with Crippen molar-refractivity contribution in [2.45, 2.75) is 26.3 Å². The fourth-order valence-electron chi connectivity index (χ4n) is 3.38. The number of carbonyl (C=O) groups excluding carboxylic acids is 2. The van der Waals surface area contributed by atoms with Crippen molar-refractivity contribution < 1.29 is 14.0 Å². The van der Waals surface area contributed by atoms with E-state index in [9.17, 15) is 9.59 Å². The summed E-state index contributed by atoms with van der Waals surface area (Å²) in [6.45, 7) is 4.12. The standard InChI is InChI=1S/C21H27N3O3/c1-16-10-11-19(27-16)14-23(2)20(25)15-24-12-6-7-17(13-24)21(26)22-18-8-4-3-5-9-18/h3-5,8-11,17H,6-7,12-15H2,1-2H3,(H,22,26). The minimum absolute atomic E-state index is 0.0257. The fourth-order valence-corrected chi connectivity index (χ4v) is 3.38. The van der Waals surface area contributed by atoms with Crippen molar-refractivity contribution in [2.75, 3.05) is 32.0 Å². The van der Waals surface area contributed by atoms with E-state index < -0.39 is 0 Å². The molecule has 2 amide bonds. The summed E-state index contributed by atoms with van der Waals surface area (Å²) in [4.78, 5) is 28.8. The molecule has 0 bridgehead atoms. The Morgan fingerprint density at radius 1 is 1.22 bits per heavy atom. The van der Waals surface area contributed by atoms with Crippen molar-refractivity contribution in [3.63, 3.8) is 0 Å². The van der Waals surface area contributed by atoms with E-state index in [-0.39, 0.29) is 17.7 Å². The fraction of sp³-hybridized carbons (Fsp3) is 0.429. The lowest BCUT2D eigenvalue weighted by atomic mass is 9.97. The van der Waals surface area contributed by atoms with Crippen molar-refractivity contribution in [3.8, 4) is 0 Å². The highest BCUT2D eigenvalue weighted by Crippen LogP contribution is 2.19. The molecule has 1 aromatic heterocycles. The van der Waals surface area contributed by atoms with Gasteiger partial charge in [0.25, 0.3) is 0 Å². The van der Waals surface area contributed by atoms with Crippen LogP contribution in [0.15, 0.2) is 46.9 Å². The van der Waals surface area contributed by atoms with E-state index >= 15 is 0 Å². The van der Waals surface area contributed by atoms with Crippen molar-refractivity contribution in [1.29, 1.82) is 0 Å². The predicted molar refractivity (Wildman–Crippen MR) is 104 cm³/mol. The van der Waals surface area contributed by atoms with Crippen LogP contribution in [0.25, 0.3) is 0 Å². The normalized spacial score (nSPS) is 17.5. The lowest BCUT2D eigenvalue weighted by Gasteiger charge is -2.32. The molecule has 0 radical (unpaired) electrons. The summed E-state index contributed by atoms with van der Waals surface area (Å²) in [5.74, 6) is 1.59. The van der Waals surface area contributed by atoms with Gasteiger partial charge in [-0.05, 0) is 50.6 Å². The van der Waals surface area contributed by atoms with Gasteiger partial charge in [-0.25, -0.2) is 0 Å². The van der Waals surface area contributed by atoms with Gasteiger partial charge in [0.2, 0.25) is 11.8 Å². The van der Waals surface area contributed by atoms with E-state index in [2.05, 4.69) is 10.2 Å². The van der Waals surface area contributed by atoms with Crippen LogP contribution >= 0.6 is 0 Å². The Kier molecular flexibility index (Phi) is 6.29. The summed E-state index contributed by atoms with van der Waals surface area (Å²) in [7, 11) is 1.78. The number of hydrogen-bond donors (Lipinski definition) is 1. The molecule has 0 spiro atoms. The Morgan fingerprint density at radius 2 is 2.00 bits per heavy atom. The highest BCUT2D eigenvalue weighted by atomic mass is 16.3. The first-order valence-electron chi connectivity index (χ1n) is 9.39. The number of benzene rings is 1. The smallest absolute Gasteiger partial charge is 0.236 e. The SMILES string of the molecule is Cc1ccc(CN(C)C(=O)CN2CCCC(C(=O)Nc3ccccc3)C2)o1. The largest absolute Gasteiger partial charge is 0.464 e. The molecule has 0 saturated carbocycles. The average molecular weight is 369 g/mol. The second-order valence-electron chi connectivity index (χ2n) is 7.19. The monoisotopic (exact) mass is 369 g/mol. The summed E-state index contributed by atoms with van der Waals surface area (Å²) < 4.78 is 5.54. The van der Waals surface area contributed by atoms with Gasteiger partial charge in [0.1, 0.15) is 11.5 Å². The van der Waals surface area contributed by atoms with Crippen LogP contribution in [-0.2, 0) is 16.1 Å². The number of para-hydroxylation sites is 1. The second kappa shape index (κ2) is 8.86. The van der Waals surface area contributed by atoms with Crippen LogP contribution in [0.3, 0.4) is 0 Å². The highest BCUT2D eigenvalue weighted by Gasteiger charge is 2.27. The topological polar surface area (TPSA) is 65.8 Å². The van der Waals surface area contributed by atoms with Crippen LogP contribution in [0.5, 0.6) is 0 Å². The molecule has 6 nitrogen and oxygen atoms in total. The molecule has 144 valence electrons. The van der Waals surface area contributed by atoms with E-state index in [1.165, 1.54) is 0 Å². The van der Waals surface area contributed by atoms with Crippen molar-refractivity contribution >= 4 is 17.5 Å². The zero-order valence-corrected chi connectivity index (χ0v) is 16.0. The number of aryl methyl sites for hydroxylation is 1. The molecule has 2 heterocycles. The first-order chi connectivity index (χ1) is 13.0. The maximum atomic E-state index is 12.5. The molecule has 3 rings (SSSR count). The molecule has 1 aromatic carbocycles. The summed E-state index contributed by atoms with van der Waals surface area (Å²) >= 11 is 0. The molecule has 1 aliphatic rings. The molecule has 1 saturated heterocycles. The van der Waals surface area contributed by atoms with Crippen molar-refractivity contribution in [2.24, 2.45) is 5.92 Å². The number of likely N-dealkylation sites (N-methyl/N-ethyl adjacent to an activating group) is 1. The van der Waals surface area contributed by atoms with Gasteiger partial charge in [-0.3, -0.25) is 14.5 Å². The third-order valence-corrected chi connectivity index (χ3v) is 4.89. The molecular formula is C21H27N3O3. The lowest BCUT2D eigenvalue weighted by molar-refractivity contribution is -0.133. The molecule has 6 heteroatoms. The van der Waals surface area contributed by atoms with Gasteiger partial charge in [-0.2, -0.15) is 0 Å². The predicted octanol–water partition coefficient (Wildman–Crippen LogP) is 2.90. The number of piperidine rings is 1. The number of anilines is 1. The number of amides is 2. The Hall–Kier alpha value is -2.60. The molecule has 27 heavy (non-hydrogen) atoms. The number of rotatable bonds is 6. The molecule has 1 N–H and O–H groups in total. The Bertz CT molecular complexity index is 772. The maximum absolute atomic E-state index is 12.5. The Balaban J connectivity index is 1.50. The number of nitrogens with zero attached hydrogens (tertiary/aromatic N) is 2. The van der Waals surface area contributed by atoms with Gasteiger partial charge in [0, 0.05) is 19.3 Å². The van der Waals surface area contributed by atoms with Crippen LogP contribution in [0.2, 0.25) is 0 Å². The number of carbonyl (C=O) groups is 2. The molecule has 1 aliphatic heterocycles. The summed E-state index contributed by atoms with van der Waals surface area (Å²) in [6.07, 6.45) is 1.77. The average Bonchev–Trinajstić information content (AvgIpc) is 3.07. The van der Waals surface area contributed by atoms with Crippen LogP contribution in [0.4, 0.5) is 5.69 Å². The molecular weight excluding hydrogens is 342 g/mol. The van der Waals surface area contributed by atoms with Gasteiger partial charge in [0.15, 0.2) is 0 Å². The van der Waals surface area contributed by atoms with Gasteiger partial charge in [-0.1, -0.05) is 18.2 Å². The zero-order chi connectivity index (χ0) is 19.2. The quantitative estimate of drug-likeness (QED) is 0.850. The first-order valence-corrected chi connectivity index (χ1v) is 9.39. The molecule has 0 aliphatic carbocycles. The van der Waals surface area contributed by atoms with Crippen LogP contribution in [-0.4, -0.2) is 48.3 Å². The number of nitrogens with one attached hydrogen (secondary N) is 1. The number of hydrogen-bond acceptors (Lipinski definition) is 4. The third-order valence-electron chi connectivity index (χ3n) is 4.89. The van der Waals surface area contributed by atoms with Crippen LogP contribution in [0.1, 0.15) is 24.4 Å². The van der Waals surface area contributed by atoms with Crippen molar-refractivity contribution in [3.05, 3.63) is 54.0 Å². The van der Waals surface area contributed by atoms with E-state index in [1.54, 1.807) is 11.9 Å². The second-order valence-corrected chi connectivity index (χ2v) is 7.19. The van der Waals surface area contributed by atoms with E-state index in [0.29, 0.717) is 19.6 Å². The lowest BCUT2D eigenvalue weighted by Crippen LogP contribution is -2.45. The van der Waals surface area contributed by atoms with E-state index in [1.807, 2.05) is 49.4 Å². The minimum atomic E-state index is -0.0928. The Labute approximate surface area is 160 Å². The molecule has 1 unspecified atom stereocenters. The molecule has 1 fully saturated rings. The van der Waals surface area contributed by atoms with Gasteiger partial charge in [-0.15, -0.1) is 0 Å². The Morgan fingerprint density at radius 3 is 2.70 bits per heavy atom. The third kappa shape index (κ3) is 5.44. The molecule has 1 atom stereocenters. The molecule has 2 aromatic rings. The number of likely N-dealkylation sites (tertiary alicyclic amines) is 1. The van der Waals surface area contributed by atoms with Crippen molar-refractivity contribution in [1.82, 2.24) is 9.80 Å². The van der Waals surface area contributed by atoms with E-state index in [4.69, 9.17) is 4.42 Å². The van der Waals surface area contributed by atoms with Gasteiger partial charge < -0.3 is 14.6 Å². The summed E-state index contributed by atoms with van der Waals surface area (Å²) in [6, 6.07) is 13.3. The minimum Gasteiger partial charge on any atom is -0.464 e. The number of furan rings is 1. The van der Waals surface area contributed by atoms with E-state index in [0.717, 1.165) is 36.6 Å². The van der Waals surface area contributed by atoms with Crippen LogP contribution < -0.4 is 5.32 Å². The first kappa shape index (κ1) is 19.2. The van der Waals surface area contributed by atoms with Gasteiger partial charge in [0.05, 0.1) is 19.0 Å². The van der Waals surface area contributed by atoms with Crippen LogP contribution in [0, 0.1) is 12.8 Å².